The first-order valence-corrected chi connectivity index (χ1v) is 6.99. The predicted molar refractivity (Wildman–Crippen MR) is 65.6 cm³/mol. The van der Waals surface area contributed by atoms with Gasteiger partial charge in [0.25, 0.3) is 5.91 Å². The van der Waals surface area contributed by atoms with Gasteiger partial charge in [-0.3, -0.25) is 4.79 Å². The van der Waals surface area contributed by atoms with Crippen molar-refractivity contribution in [2.24, 2.45) is 5.14 Å². The van der Waals surface area contributed by atoms with Gasteiger partial charge in [-0.2, -0.15) is 0 Å². The van der Waals surface area contributed by atoms with Crippen molar-refractivity contribution < 1.29 is 17.9 Å². The summed E-state index contributed by atoms with van der Waals surface area (Å²) < 4.78 is 27.2. The van der Waals surface area contributed by atoms with E-state index >= 15 is 0 Å². The number of carbonyl (C=O) groups excluding carboxylic acids is 1. The number of sulfonamides is 1. The van der Waals surface area contributed by atoms with Crippen LogP contribution in [0, 0.1) is 0 Å². The van der Waals surface area contributed by atoms with E-state index in [9.17, 15) is 13.2 Å². The van der Waals surface area contributed by atoms with Crippen LogP contribution in [-0.4, -0.2) is 38.6 Å². The highest BCUT2D eigenvalue weighted by molar-refractivity contribution is 7.89. The van der Waals surface area contributed by atoms with E-state index in [0.29, 0.717) is 13.2 Å². The topological polar surface area (TPSA) is 114 Å². The second-order valence-corrected chi connectivity index (χ2v) is 5.39. The second kappa shape index (κ2) is 5.98. The van der Waals surface area contributed by atoms with Crippen molar-refractivity contribution in [2.75, 3.05) is 13.2 Å². The molecule has 1 atom stereocenters. The standard InChI is InChI=1S/C10H17N3O4S/c1-3-17-6-7(2)13-10(14)9-4-8(5-12-9)18(11,15)16/h4-5,7,12H,3,6H2,1-2H3,(H,13,14)(H2,11,15,16). The molecular formula is C10H17N3O4S. The molecule has 18 heavy (non-hydrogen) atoms. The summed E-state index contributed by atoms with van der Waals surface area (Å²) in [5.74, 6) is -0.405. The first-order chi connectivity index (χ1) is 8.34. The number of nitrogens with one attached hydrogen (secondary N) is 2. The number of aromatic nitrogens is 1. The highest BCUT2D eigenvalue weighted by Crippen LogP contribution is 2.08. The summed E-state index contributed by atoms with van der Waals surface area (Å²) in [7, 11) is -3.79. The summed E-state index contributed by atoms with van der Waals surface area (Å²) in [5.41, 5.74) is 0.141. The van der Waals surface area contributed by atoms with Gasteiger partial charge in [-0.15, -0.1) is 0 Å². The molecule has 0 spiro atoms. The summed E-state index contributed by atoms with van der Waals surface area (Å²) in [4.78, 5) is 14.2. The fraction of sp³-hybridized carbons (Fsp3) is 0.500. The number of rotatable bonds is 6. The van der Waals surface area contributed by atoms with Crippen molar-refractivity contribution in [3.63, 3.8) is 0 Å². The van der Waals surface area contributed by atoms with Crippen molar-refractivity contribution in [2.45, 2.75) is 24.8 Å². The zero-order chi connectivity index (χ0) is 13.8. The average Bonchev–Trinajstić information content (AvgIpc) is 2.75. The molecule has 0 saturated heterocycles. The van der Waals surface area contributed by atoms with Crippen LogP contribution in [0.25, 0.3) is 0 Å². The van der Waals surface area contributed by atoms with Crippen molar-refractivity contribution >= 4 is 15.9 Å². The van der Waals surface area contributed by atoms with Crippen LogP contribution in [0.15, 0.2) is 17.2 Å². The minimum atomic E-state index is -3.79. The fourth-order valence-electron chi connectivity index (χ4n) is 1.31. The molecular weight excluding hydrogens is 258 g/mol. The third-order valence-corrected chi connectivity index (χ3v) is 3.07. The molecule has 0 aromatic carbocycles. The molecule has 7 nitrogen and oxygen atoms in total. The van der Waals surface area contributed by atoms with Gasteiger partial charge in [-0.05, 0) is 19.9 Å². The number of aromatic amines is 1. The van der Waals surface area contributed by atoms with E-state index in [4.69, 9.17) is 9.88 Å². The second-order valence-electron chi connectivity index (χ2n) is 3.83. The number of hydrogen-bond acceptors (Lipinski definition) is 4. The smallest absolute Gasteiger partial charge is 0.268 e. The maximum Gasteiger partial charge on any atom is 0.268 e. The number of H-pyrrole nitrogens is 1. The van der Waals surface area contributed by atoms with E-state index in [2.05, 4.69) is 10.3 Å². The van der Waals surface area contributed by atoms with Gasteiger partial charge in [0.15, 0.2) is 0 Å². The molecule has 102 valence electrons. The van der Waals surface area contributed by atoms with Gasteiger partial charge in [-0.25, -0.2) is 13.6 Å². The molecule has 0 bridgehead atoms. The van der Waals surface area contributed by atoms with Gasteiger partial charge >= 0.3 is 0 Å². The molecule has 1 amide bonds. The van der Waals surface area contributed by atoms with Crippen LogP contribution in [0.4, 0.5) is 0 Å². The van der Waals surface area contributed by atoms with Crippen LogP contribution in [0.2, 0.25) is 0 Å². The van der Waals surface area contributed by atoms with E-state index in [1.54, 1.807) is 6.92 Å². The molecule has 4 N–H and O–H groups in total. The zero-order valence-corrected chi connectivity index (χ0v) is 11.1. The van der Waals surface area contributed by atoms with Gasteiger partial charge in [0.05, 0.1) is 11.5 Å². The predicted octanol–water partition coefficient (Wildman–Crippen LogP) is -0.183. The Morgan fingerprint density at radius 1 is 1.61 bits per heavy atom. The highest BCUT2D eigenvalue weighted by Gasteiger charge is 2.15. The van der Waals surface area contributed by atoms with Crippen LogP contribution in [0.1, 0.15) is 24.3 Å². The number of primary sulfonamides is 1. The minimum Gasteiger partial charge on any atom is -0.380 e. The number of hydrogen-bond donors (Lipinski definition) is 3. The molecule has 0 radical (unpaired) electrons. The first-order valence-electron chi connectivity index (χ1n) is 5.44. The largest absolute Gasteiger partial charge is 0.380 e. The number of nitrogens with two attached hydrogens (primary N) is 1. The van der Waals surface area contributed by atoms with Crippen LogP contribution < -0.4 is 10.5 Å². The molecule has 1 unspecified atom stereocenters. The van der Waals surface area contributed by atoms with E-state index in [0.717, 1.165) is 0 Å². The van der Waals surface area contributed by atoms with Crippen molar-refractivity contribution in [1.82, 2.24) is 10.3 Å². The Morgan fingerprint density at radius 2 is 2.28 bits per heavy atom. The molecule has 1 rings (SSSR count). The molecule has 0 fully saturated rings. The Kier molecular flexibility index (Phi) is 4.88. The molecule has 0 aliphatic carbocycles. The van der Waals surface area contributed by atoms with Crippen LogP contribution in [0.3, 0.4) is 0 Å². The summed E-state index contributed by atoms with van der Waals surface area (Å²) in [6.07, 6.45) is 1.18. The lowest BCUT2D eigenvalue weighted by Gasteiger charge is -2.12. The maximum atomic E-state index is 11.7. The van der Waals surface area contributed by atoms with Gasteiger partial charge in [0.2, 0.25) is 10.0 Å². The Balaban J connectivity index is 2.65. The minimum absolute atomic E-state index is 0.120. The lowest BCUT2D eigenvalue weighted by atomic mass is 10.3. The monoisotopic (exact) mass is 275 g/mol. The van der Waals surface area contributed by atoms with E-state index in [-0.39, 0.29) is 16.6 Å². The average molecular weight is 275 g/mol. The SMILES string of the molecule is CCOCC(C)NC(=O)c1cc(S(N)(=O)=O)c[nH]1. The highest BCUT2D eigenvalue weighted by atomic mass is 32.2. The van der Waals surface area contributed by atoms with Crippen LogP contribution >= 0.6 is 0 Å². The zero-order valence-electron chi connectivity index (χ0n) is 10.3. The lowest BCUT2D eigenvalue weighted by Crippen LogP contribution is -2.36. The Morgan fingerprint density at radius 3 is 2.78 bits per heavy atom. The quantitative estimate of drug-likeness (QED) is 0.668. The summed E-state index contributed by atoms with van der Waals surface area (Å²) in [5, 5.41) is 7.60. The van der Waals surface area contributed by atoms with Crippen molar-refractivity contribution in [3.8, 4) is 0 Å². The molecule has 0 aliphatic heterocycles. The maximum absolute atomic E-state index is 11.7. The van der Waals surface area contributed by atoms with Crippen LogP contribution in [0.5, 0.6) is 0 Å². The molecule has 8 heteroatoms. The third kappa shape index (κ3) is 4.13. The summed E-state index contributed by atoms with van der Waals surface area (Å²) >= 11 is 0. The van der Waals surface area contributed by atoms with Gasteiger partial charge < -0.3 is 15.0 Å². The Labute approximate surface area is 106 Å². The summed E-state index contributed by atoms with van der Waals surface area (Å²) in [6, 6.07) is 1.02. The number of carbonyl (C=O) groups is 1. The molecule has 1 heterocycles. The van der Waals surface area contributed by atoms with Gasteiger partial charge in [-0.1, -0.05) is 0 Å². The van der Waals surface area contributed by atoms with E-state index in [1.807, 2.05) is 6.92 Å². The van der Waals surface area contributed by atoms with E-state index < -0.39 is 15.9 Å². The third-order valence-electron chi connectivity index (χ3n) is 2.18. The molecule has 1 aromatic rings. The van der Waals surface area contributed by atoms with E-state index in [1.165, 1.54) is 12.3 Å². The normalized spacial score (nSPS) is 13.3. The first kappa shape index (κ1) is 14.7. The van der Waals surface area contributed by atoms with Crippen molar-refractivity contribution in [3.05, 3.63) is 18.0 Å². The number of amides is 1. The molecule has 0 aliphatic rings. The molecule has 0 saturated carbocycles. The Bertz CT molecular complexity index is 509. The fourth-order valence-corrected chi connectivity index (χ4v) is 1.81. The van der Waals surface area contributed by atoms with Gasteiger partial charge in [0, 0.05) is 18.8 Å². The molecule has 1 aromatic heterocycles. The number of ether oxygens (including phenoxy) is 1. The summed E-state index contributed by atoms with van der Waals surface area (Å²) in [6.45, 7) is 4.61. The Hall–Kier alpha value is -1.38. The lowest BCUT2D eigenvalue weighted by molar-refractivity contribution is 0.0868. The van der Waals surface area contributed by atoms with Gasteiger partial charge in [0.1, 0.15) is 5.69 Å². The van der Waals surface area contributed by atoms with Crippen LogP contribution in [-0.2, 0) is 14.8 Å². The van der Waals surface area contributed by atoms with Crippen molar-refractivity contribution in [1.29, 1.82) is 0 Å².